The maximum atomic E-state index is 10.9. The Bertz CT molecular complexity index is 182. The second-order valence-corrected chi connectivity index (χ2v) is 2.91. The van der Waals surface area contributed by atoms with Crippen molar-refractivity contribution in [3.63, 3.8) is 0 Å². The van der Waals surface area contributed by atoms with Crippen LogP contribution in [-0.4, -0.2) is 24.2 Å². The molecule has 0 aromatic heterocycles. The van der Waals surface area contributed by atoms with Crippen molar-refractivity contribution >= 4 is 28.9 Å². The lowest BCUT2D eigenvalue weighted by molar-refractivity contribution is -0.157. The topological polar surface area (TPSA) is 63.6 Å². The Morgan fingerprint density at radius 1 is 1.36 bits per heavy atom. The van der Waals surface area contributed by atoms with E-state index in [2.05, 4.69) is 4.74 Å². The Balaban J connectivity index is 0. The van der Waals surface area contributed by atoms with E-state index in [-0.39, 0.29) is 17.0 Å². The van der Waals surface area contributed by atoms with Gasteiger partial charge in [0, 0.05) is 0 Å². The molecule has 0 aliphatic carbocycles. The van der Waals surface area contributed by atoms with Crippen LogP contribution in [0.15, 0.2) is 0 Å². The summed E-state index contributed by atoms with van der Waals surface area (Å²) < 4.78 is 4.38. The molecule has 0 aliphatic heterocycles. The van der Waals surface area contributed by atoms with Crippen molar-refractivity contribution in [2.24, 2.45) is 5.92 Å². The highest BCUT2D eigenvalue weighted by Gasteiger charge is 2.26. The van der Waals surface area contributed by atoms with Crippen LogP contribution in [0.5, 0.6) is 0 Å². The van der Waals surface area contributed by atoms with Crippen LogP contribution in [0, 0.1) is 5.92 Å². The van der Waals surface area contributed by atoms with Gasteiger partial charge in [-0.1, -0.05) is 26.2 Å². The van der Waals surface area contributed by atoms with Crippen LogP contribution in [-0.2, 0) is 14.3 Å². The zero-order valence-electron chi connectivity index (χ0n) is 8.49. The van der Waals surface area contributed by atoms with E-state index in [0.717, 1.165) is 19.3 Å². The van der Waals surface area contributed by atoms with E-state index < -0.39 is 17.9 Å². The van der Waals surface area contributed by atoms with Crippen LogP contribution in [0.1, 0.15) is 32.6 Å². The summed E-state index contributed by atoms with van der Waals surface area (Å²) in [6.07, 6.45) is 3.08. The lowest BCUT2D eigenvalue weighted by atomic mass is 10.0. The zero-order chi connectivity index (χ0) is 10.3. The molecule has 0 aromatic rings. The monoisotopic (exact) mass is 268 g/mol. The number of halogens is 1. The third kappa shape index (κ3) is 5.96. The summed E-state index contributed by atoms with van der Waals surface area (Å²) >= 11 is 0. The maximum Gasteiger partial charge on any atom is 0.320 e. The standard InChI is InChI=1S/C9H16O4.BrH/c1-3-4-5-6-7(8(10)11)9(12)13-2;/h7H,3-6H2,1-2H3,(H,10,11);1H. The molecule has 0 radical (unpaired) electrons. The summed E-state index contributed by atoms with van der Waals surface area (Å²) in [7, 11) is 1.21. The van der Waals surface area contributed by atoms with Gasteiger partial charge in [0.25, 0.3) is 0 Å². The fourth-order valence-corrected chi connectivity index (χ4v) is 1.08. The normalized spacial score (nSPS) is 11.3. The minimum Gasteiger partial charge on any atom is -0.481 e. The number of ether oxygens (including phenoxy) is 1. The van der Waals surface area contributed by atoms with Crippen LogP contribution in [0.4, 0.5) is 0 Å². The summed E-state index contributed by atoms with van der Waals surface area (Å²) in [6.45, 7) is 2.02. The van der Waals surface area contributed by atoms with Gasteiger partial charge in [0.1, 0.15) is 0 Å². The van der Waals surface area contributed by atoms with Gasteiger partial charge < -0.3 is 9.84 Å². The molecule has 0 aliphatic rings. The first-order chi connectivity index (χ1) is 6.13. The van der Waals surface area contributed by atoms with Crippen molar-refractivity contribution in [2.75, 3.05) is 7.11 Å². The zero-order valence-corrected chi connectivity index (χ0v) is 10.2. The maximum absolute atomic E-state index is 10.9. The molecule has 1 unspecified atom stereocenters. The van der Waals surface area contributed by atoms with Gasteiger partial charge in [-0.3, -0.25) is 9.59 Å². The van der Waals surface area contributed by atoms with Crippen LogP contribution in [0.2, 0.25) is 0 Å². The van der Waals surface area contributed by atoms with Crippen molar-refractivity contribution in [3.05, 3.63) is 0 Å². The molecule has 0 bridgehead atoms. The molecule has 1 atom stereocenters. The van der Waals surface area contributed by atoms with Gasteiger partial charge in [-0.15, -0.1) is 17.0 Å². The second kappa shape index (κ2) is 8.99. The van der Waals surface area contributed by atoms with Gasteiger partial charge in [-0.25, -0.2) is 0 Å². The number of aliphatic carboxylic acids is 1. The van der Waals surface area contributed by atoms with E-state index >= 15 is 0 Å². The summed E-state index contributed by atoms with van der Waals surface area (Å²) in [4.78, 5) is 21.5. The molecule has 4 nitrogen and oxygen atoms in total. The van der Waals surface area contributed by atoms with E-state index in [0.29, 0.717) is 6.42 Å². The molecule has 0 fully saturated rings. The van der Waals surface area contributed by atoms with Gasteiger partial charge in [0.05, 0.1) is 7.11 Å². The first-order valence-corrected chi connectivity index (χ1v) is 4.44. The molecule has 0 saturated carbocycles. The number of hydrogen-bond acceptors (Lipinski definition) is 3. The number of carbonyl (C=O) groups excluding carboxylic acids is 1. The lowest BCUT2D eigenvalue weighted by Gasteiger charge is -2.08. The summed E-state index contributed by atoms with van der Waals surface area (Å²) in [5, 5.41) is 8.67. The van der Waals surface area contributed by atoms with E-state index in [1.807, 2.05) is 6.92 Å². The molecular weight excluding hydrogens is 252 g/mol. The third-order valence-corrected chi connectivity index (χ3v) is 1.88. The van der Waals surface area contributed by atoms with Gasteiger partial charge in [-0.2, -0.15) is 0 Å². The van der Waals surface area contributed by atoms with Crippen LogP contribution < -0.4 is 0 Å². The van der Waals surface area contributed by atoms with Crippen molar-refractivity contribution < 1.29 is 19.4 Å². The van der Waals surface area contributed by atoms with Crippen molar-refractivity contribution in [1.29, 1.82) is 0 Å². The van der Waals surface area contributed by atoms with Crippen molar-refractivity contribution in [2.45, 2.75) is 32.6 Å². The van der Waals surface area contributed by atoms with E-state index in [4.69, 9.17) is 5.11 Å². The van der Waals surface area contributed by atoms with E-state index in [1.165, 1.54) is 7.11 Å². The Kier molecular flexibility index (Phi) is 10.2. The average molecular weight is 269 g/mol. The first kappa shape index (κ1) is 15.9. The highest BCUT2D eigenvalue weighted by molar-refractivity contribution is 8.93. The number of methoxy groups -OCH3 is 1. The second-order valence-electron chi connectivity index (χ2n) is 2.91. The van der Waals surface area contributed by atoms with Gasteiger partial charge >= 0.3 is 11.9 Å². The van der Waals surface area contributed by atoms with Gasteiger partial charge in [-0.05, 0) is 6.42 Å². The number of esters is 1. The summed E-state index contributed by atoms with van der Waals surface area (Å²) in [5.74, 6) is -2.73. The highest BCUT2D eigenvalue weighted by Crippen LogP contribution is 2.11. The van der Waals surface area contributed by atoms with Gasteiger partial charge in [0.2, 0.25) is 0 Å². The number of carboxylic acid groups (broad SMARTS) is 1. The summed E-state index contributed by atoms with van der Waals surface area (Å²) in [6, 6.07) is 0. The van der Waals surface area contributed by atoms with Crippen LogP contribution in [0.3, 0.4) is 0 Å². The number of carbonyl (C=O) groups is 2. The average Bonchev–Trinajstić information content (AvgIpc) is 2.11. The molecule has 0 amide bonds. The molecule has 0 saturated heterocycles. The SMILES string of the molecule is Br.CCCCCC(C(=O)O)C(=O)OC. The molecule has 5 heteroatoms. The Morgan fingerprint density at radius 3 is 2.29 bits per heavy atom. The molecule has 14 heavy (non-hydrogen) atoms. The van der Waals surface area contributed by atoms with Crippen molar-refractivity contribution in [1.82, 2.24) is 0 Å². The minimum absolute atomic E-state index is 0. The predicted octanol–water partition coefficient (Wildman–Crippen LogP) is 2.02. The Morgan fingerprint density at radius 2 is 1.93 bits per heavy atom. The lowest BCUT2D eigenvalue weighted by Crippen LogP contribution is -2.24. The molecule has 0 spiro atoms. The highest BCUT2D eigenvalue weighted by atomic mass is 79.9. The Labute approximate surface area is 94.4 Å². The third-order valence-electron chi connectivity index (χ3n) is 1.88. The molecule has 1 N–H and O–H groups in total. The Hall–Kier alpha value is -0.580. The quantitative estimate of drug-likeness (QED) is 0.455. The first-order valence-electron chi connectivity index (χ1n) is 4.44. The fourth-order valence-electron chi connectivity index (χ4n) is 1.08. The van der Waals surface area contributed by atoms with Crippen LogP contribution in [0.25, 0.3) is 0 Å². The number of hydrogen-bond donors (Lipinski definition) is 1. The van der Waals surface area contributed by atoms with Crippen LogP contribution >= 0.6 is 17.0 Å². The molecule has 84 valence electrons. The summed E-state index contributed by atoms with van der Waals surface area (Å²) in [5.41, 5.74) is 0. The largest absolute Gasteiger partial charge is 0.481 e. The van der Waals surface area contributed by atoms with E-state index in [1.54, 1.807) is 0 Å². The molecular formula is C9H17BrO4. The van der Waals surface area contributed by atoms with Gasteiger partial charge in [0.15, 0.2) is 5.92 Å². The predicted molar refractivity (Wildman–Crippen MR) is 57.6 cm³/mol. The molecule has 0 rings (SSSR count). The smallest absolute Gasteiger partial charge is 0.320 e. The number of rotatable bonds is 6. The molecule has 0 heterocycles. The molecule has 0 aromatic carbocycles. The van der Waals surface area contributed by atoms with Crippen molar-refractivity contribution in [3.8, 4) is 0 Å². The number of carboxylic acids is 1. The minimum atomic E-state index is -1.09. The fraction of sp³-hybridized carbons (Fsp3) is 0.778. The number of unbranched alkanes of at least 4 members (excludes halogenated alkanes) is 2. The van der Waals surface area contributed by atoms with E-state index in [9.17, 15) is 9.59 Å².